The average Bonchev–Trinajstić information content (AvgIpc) is 2.28. The van der Waals surface area contributed by atoms with Crippen molar-refractivity contribution in [3.8, 4) is 5.75 Å². The van der Waals surface area contributed by atoms with Gasteiger partial charge in [0, 0.05) is 4.47 Å². The number of aliphatic hydroxyl groups excluding tert-OH is 1. The minimum atomic E-state index is -0.718. The molecule has 2 rings (SSSR count). The molecule has 2 nitrogen and oxygen atoms in total. The van der Waals surface area contributed by atoms with E-state index in [4.69, 9.17) is 0 Å². The summed E-state index contributed by atoms with van der Waals surface area (Å²) in [5.74, 6) is 0.138. The predicted octanol–water partition coefficient (Wildman–Crippen LogP) is 3.24. The second-order valence-corrected chi connectivity index (χ2v) is 4.47. The molecule has 0 spiro atoms. The third-order valence-electron chi connectivity index (χ3n) is 2.34. The van der Waals surface area contributed by atoms with Gasteiger partial charge in [0.1, 0.15) is 11.9 Å². The molecule has 82 valence electrons. The minimum absolute atomic E-state index is 0.138. The Kier molecular flexibility index (Phi) is 3.27. The average molecular weight is 279 g/mol. The molecule has 0 radical (unpaired) electrons. The Morgan fingerprint density at radius 1 is 0.938 bits per heavy atom. The zero-order valence-corrected chi connectivity index (χ0v) is 10.1. The van der Waals surface area contributed by atoms with Gasteiger partial charge in [-0.15, -0.1) is 0 Å². The fraction of sp³-hybridized carbons (Fsp3) is 0.0769. The highest BCUT2D eigenvalue weighted by atomic mass is 79.9. The van der Waals surface area contributed by atoms with Crippen molar-refractivity contribution in [2.75, 3.05) is 0 Å². The Morgan fingerprint density at radius 2 is 1.62 bits per heavy atom. The van der Waals surface area contributed by atoms with Crippen molar-refractivity contribution in [3.63, 3.8) is 0 Å². The summed E-state index contributed by atoms with van der Waals surface area (Å²) in [4.78, 5) is 0. The predicted molar refractivity (Wildman–Crippen MR) is 66.3 cm³/mol. The first-order valence-electron chi connectivity index (χ1n) is 4.89. The molecule has 0 heterocycles. The Bertz CT molecular complexity index is 462. The van der Waals surface area contributed by atoms with Crippen molar-refractivity contribution in [1.82, 2.24) is 0 Å². The quantitative estimate of drug-likeness (QED) is 0.886. The van der Waals surface area contributed by atoms with Crippen molar-refractivity contribution in [2.24, 2.45) is 0 Å². The number of phenolic OH excluding ortho intramolecular Hbond substituents is 1. The molecular weight excluding hydrogens is 268 g/mol. The van der Waals surface area contributed by atoms with Crippen molar-refractivity contribution >= 4 is 15.9 Å². The third-order valence-corrected chi connectivity index (χ3v) is 2.79. The van der Waals surface area contributed by atoms with Gasteiger partial charge < -0.3 is 10.2 Å². The molecule has 1 atom stereocenters. The van der Waals surface area contributed by atoms with E-state index in [2.05, 4.69) is 15.9 Å². The van der Waals surface area contributed by atoms with Crippen LogP contribution in [0.2, 0.25) is 0 Å². The van der Waals surface area contributed by atoms with Gasteiger partial charge in [-0.05, 0) is 29.3 Å². The van der Waals surface area contributed by atoms with Crippen LogP contribution >= 0.6 is 15.9 Å². The van der Waals surface area contributed by atoms with Crippen LogP contribution in [0.15, 0.2) is 53.0 Å². The van der Waals surface area contributed by atoms with Crippen LogP contribution in [0.1, 0.15) is 17.2 Å². The second-order valence-electron chi connectivity index (χ2n) is 3.56. The summed E-state index contributed by atoms with van der Waals surface area (Å²) in [6.07, 6.45) is -0.718. The second kappa shape index (κ2) is 4.68. The van der Waals surface area contributed by atoms with Gasteiger partial charge in [0.2, 0.25) is 0 Å². The number of phenols is 1. The largest absolute Gasteiger partial charge is 0.508 e. The molecule has 1 unspecified atom stereocenters. The molecule has 0 aromatic heterocycles. The lowest BCUT2D eigenvalue weighted by Crippen LogP contribution is -1.99. The fourth-order valence-corrected chi connectivity index (χ4v) is 2.08. The highest BCUT2D eigenvalue weighted by Gasteiger charge is 2.11. The molecule has 0 bridgehead atoms. The summed E-state index contributed by atoms with van der Waals surface area (Å²) in [6.45, 7) is 0. The molecule has 0 saturated heterocycles. The van der Waals surface area contributed by atoms with Crippen molar-refractivity contribution in [2.45, 2.75) is 6.10 Å². The maximum Gasteiger partial charge on any atom is 0.117 e. The number of rotatable bonds is 2. The van der Waals surface area contributed by atoms with Gasteiger partial charge in [-0.3, -0.25) is 0 Å². The van der Waals surface area contributed by atoms with Gasteiger partial charge in [0.25, 0.3) is 0 Å². The normalized spacial score (nSPS) is 12.4. The lowest BCUT2D eigenvalue weighted by molar-refractivity contribution is 0.220. The Hall–Kier alpha value is -1.32. The topological polar surface area (TPSA) is 40.5 Å². The highest BCUT2D eigenvalue weighted by Crippen LogP contribution is 2.28. The molecule has 2 aromatic carbocycles. The van der Waals surface area contributed by atoms with Crippen LogP contribution in [0.25, 0.3) is 0 Å². The lowest BCUT2D eigenvalue weighted by atomic mass is 10.0. The molecule has 2 N–H and O–H groups in total. The zero-order valence-electron chi connectivity index (χ0n) is 8.47. The first-order valence-corrected chi connectivity index (χ1v) is 5.68. The Labute approximate surface area is 102 Å². The molecule has 0 aliphatic carbocycles. The van der Waals surface area contributed by atoms with E-state index in [-0.39, 0.29) is 5.75 Å². The highest BCUT2D eigenvalue weighted by molar-refractivity contribution is 9.10. The smallest absolute Gasteiger partial charge is 0.117 e. The number of halogens is 1. The molecule has 0 saturated carbocycles. The molecule has 0 aliphatic rings. The van der Waals surface area contributed by atoms with Gasteiger partial charge in [-0.1, -0.05) is 46.3 Å². The van der Waals surface area contributed by atoms with E-state index < -0.39 is 6.10 Å². The van der Waals surface area contributed by atoms with Crippen LogP contribution in [-0.2, 0) is 0 Å². The van der Waals surface area contributed by atoms with Gasteiger partial charge >= 0.3 is 0 Å². The number of hydrogen-bond acceptors (Lipinski definition) is 2. The molecule has 2 aromatic rings. The third kappa shape index (κ3) is 2.43. The lowest BCUT2D eigenvalue weighted by Gasteiger charge is -2.12. The maximum atomic E-state index is 10.1. The van der Waals surface area contributed by atoms with E-state index in [1.807, 2.05) is 30.3 Å². The van der Waals surface area contributed by atoms with E-state index in [0.717, 1.165) is 10.0 Å². The Morgan fingerprint density at radius 3 is 2.25 bits per heavy atom. The number of aliphatic hydroxyl groups is 1. The first-order chi connectivity index (χ1) is 7.66. The number of hydrogen-bond donors (Lipinski definition) is 2. The summed E-state index contributed by atoms with van der Waals surface area (Å²) in [5.41, 5.74) is 1.47. The van der Waals surface area contributed by atoms with Crippen LogP contribution in [0, 0.1) is 0 Å². The van der Waals surface area contributed by atoms with Gasteiger partial charge in [-0.25, -0.2) is 0 Å². The van der Waals surface area contributed by atoms with Gasteiger partial charge in [0.05, 0.1) is 0 Å². The van der Waals surface area contributed by atoms with E-state index >= 15 is 0 Å². The van der Waals surface area contributed by atoms with Crippen molar-refractivity contribution in [1.29, 1.82) is 0 Å². The molecule has 0 amide bonds. The Balaban J connectivity index is 2.37. The molecule has 3 heteroatoms. The van der Waals surface area contributed by atoms with Crippen LogP contribution < -0.4 is 0 Å². The number of benzene rings is 2. The molecular formula is C13H11BrO2. The SMILES string of the molecule is Oc1cc(Br)cc(C(O)c2ccccc2)c1. The molecule has 0 aliphatic heterocycles. The van der Waals surface area contributed by atoms with Crippen molar-refractivity contribution in [3.05, 3.63) is 64.1 Å². The summed E-state index contributed by atoms with van der Waals surface area (Å²) in [5, 5.41) is 19.6. The van der Waals surface area contributed by atoms with Crippen molar-refractivity contribution < 1.29 is 10.2 Å². The summed E-state index contributed by atoms with van der Waals surface area (Å²) < 4.78 is 0.748. The van der Waals surface area contributed by atoms with E-state index in [0.29, 0.717) is 5.56 Å². The first kappa shape index (κ1) is 11.2. The zero-order chi connectivity index (χ0) is 11.5. The van der Waals surface area contributed by atoms with Crippen LogP contribution in [0.5, 0.6) is 5.75 Å². The van der Waals surface area contributed by atoms with E-state index in [1.54, 1.807) is 18.2 Å². The van der Waals surface area contributed by atoms with Crippen LogP contribution in [-0.4, -0.2) is 10.2 Å². The fourth-order valence-electron chi connectivity index (χ4n) is 1.58. The summed E-state index contributed by atoms with van der Waals surface area (Å²) >= 11 is 3.28. The molecule has 16 heavy (non-hydrogen) atoms. The monoisotopic (exact) mass is 278 g/mol. The van der Waals surface area contributed by atoms with Crippen LogP contribution in [0.3, 0.4) is 0 Å². The summed E-state index contributed by atoms with van der Waals surface area (Å²) in [6, 6.07) is 14.3. The standard InChI is InChI=1S/C13H11BrO2/c14-11-6-10(7-12(15)8-11)13(16)9-4-2-1-3-5-9/h1-8,13,15-16H. The van der Waals surface area contributed by atoms with E-state index in [1.165, 1.54) is 0 Å². The number of aromatic hydroxyl groups is 1. The van der Waals surface area contributed by atoms with E-state index in [9.17, 15) is 10.2 Å². The summed E-state index contributed by atoms with van der Waals surface area (Å²) in [7, 11) is 0. The van der Waals surface area contributed by atoms with Gasteiger partial charge in [-0.2, -0.15) is 0 Å². The maximum absolute atomic E-state index is 10.1. The minimum Gasteiger partial charge on any atom is -0.508 e. The molecule has 0 fully saturated rings. The van der Waals surface area contributed by atoms with Gasteiger partial charge in [0.15, 0.2) is 0 Å². The van der Waals surface area contributed by atoms with Crippen LogP contribution in [0.4, 0.5) is 0 Å².